The van der Waals surface area contributed by atoms with Crippen LogP contribution in [-0.2, 0) is 21.7 Å². The number of rotatable bonds is 6. The molecule has 2 aliphatic carbocycles. The van der Waals surface area contributed by atoms with Crippen molar-refractivity contribution in [1.29, 1.82) is 0 Å². The van der Waals surface area contributed by atoms with Gasteiger partial charge < -0.3 is 19.7 Å². The number of methoxy groups -OCH3 is 1. The van der Waals surface area contributed by atoms with Crippen molar-refractivity contribution in [1.82, 2.24) is 0 Å². The Labute approximate surface area is 201 Å². The van der Waals surface area contributed by atoms with E-state index in [1.54, 1.807) is 7.11 Å². The summed E-state index contributed by atoms with van der Waals surface area (Å²) in [7, 11) is 1.58. The van der Waals surface area contributed by atoms with E-state index in [0.717, 1.165) is 16.5 Å². The number of aliphatic hydroxyl groups excluding tert-OH is 2. The van der Waals surface area contributed by atoms with E-state index >= 15 is 0 Å². The summed E-state index contributed by atoms with van der Waals surface area (Å²) in [6, 6.07) is 14.8. The third-order valence-corrected chi connectivity index (χ3v) is 8.63. The fraction of sp³-hybridized carbons (Fsp3) is 0.571. The Morgan fingerprint density at radius 1 is 1.06 bits per heavy atom. The van der Waals surface area contributed by atoms with Crippen molar-refractivity contribution in [3.8, 4) is 0 Å². The van der Waals surface area contributed by atoms with E-state index in [2.05, 4.69) is 24.3 Å². The highest BCUT2D eigenvalue weighted by molar-refractivity contribution is 6.31. The predicted octanol–water partition coefficient (Wildman–Crippen LogP) is 5.70. The second-order valence-corrected chi connectivity index (χ2v) is 10.9. The van der Waals surface area contributed by atoms with Crippen molar-refractivity contribution in [3.05, 3.63) is 69.7 Å². The summed E-state index contributed by atoms with van der Waals surface area (Å²) in [6.45, 7) is -0.156. The van der Waals surface area contributed by atoms with Crippen LogP contribution in [0.15, 0.2) is 42.5 Å². The zero-order chi connectivity index (χ0) is 23.1. The molecule has 2 saturated carbocycles. The molecule has 3 aliphatic rings. The number of hydrogen-bond acceptors (Lipinski definition) is 4. The molecule has 3 fully saturated rings. The highest BCUT2D eigenvalue weighted by atomic mass is 35.5. The monoisotopic (exact) mass is 470 g/mol. The minimum Gasteiger partial charge on any atom is -0.394 e. The van der Waals surface area contributed by atoms with Gasteiger partial charge in [-0.2, -0.15) is 0 Å². The van der Waals surface area contributed by atoms with Crippen LogP contribution in [-0.4, -0.2) is 36.1 Å². The van der Waals surface area contributed by atoms with Crippen LogP contribution in [0.25, 0.3) is 0 Å². The molecular formula is C28H35ClO4. The first-order valence-electron chi connectivity index (χ1n) is 12.3. The van der Waals surface area contributed by atoms with Crippen molar-refractivity contribution in [2.75, 3.05) is 13.7 Å². The maximum absolute atomic E-state index is 10.4. The van der Waals surface area contributed by atoms with E-state index < -0.39 is 18.0 Å². The molecule has 1 aliphatic heterocycles. The highest BCUT2D eigenvalue weighted by Gasteiger charge is 2.45. The van der Waals surface area contributed by atoms with Gasteiger partial charge >= 0.3 is 0 Å². The van der Waals surface area contributed by atoms with Crippen molar-refractivity contribution < 1.29 is 19.7 Å². The second kappa shape index (κ2) is 9.31. The predicted molar refractivity (Wildman–Crippen MR) is 129 cm³/mol. The fourth-order valence-corrected chi connectivity index (χ4v) is 6.11. The topological polar surface area (TPSA) is 58.9 Å². The molecule has 0 radical (unpaired) electrons. The Morgan fingerprint density at radius 3 is 2.42 bits per heavy atom. The summed E-state index contributed by atoms with van der Waals surface area (Å²) in [5.41, 5.74) is 5.22. The van der Waals surface area contributed by atoms with Gasteiger partial charge in [0.2, 0.25) is 0 Å². The van der Waals surface area contributed by atoms with Crippen LogP contribution in [0.3, 0.4) is 0 Å². The van der Waals surface area contributed by atoms with Crippen molar-refractivity contribution >= 4 is 11.6 Å². The molecule has 0 aromatic heterocycles. The van der Waals surface area contributed by atoms with E-state index in [1.807, 2.05) is 18.2 Å². The average Bonchev–Trinajstić information content (AvgIpc) is 3.59. The molecule has 3 atom stereocenters. The molecule has 0 bridgehead atoms. The number of halogens is 1. The van der Waals surface area contributed by atoms with Gasteiger partial charge in [0.25, 0.3) is 0 Å². The SMILES string of the molecule is COC1(c2ccc(Cl)c(Cc3ccc(C4CCC5(CC4)CC5)cc3)c2)CC(O)CC(CO)O1. The third kappa shape index (κ3) is 4.87. The molecule has 2 aromatic rings. The summed E-state index contributed by atoms with van der Waals surface area (Å²) in [6.07, 6.45) is 8.73. The Morgan fingerprint density at radius 2 is 1.79 bits per heavy atom. The summed E-state index contributed by atoms with van der Waals surface area (Å²) in [5, 5.41) is 20.7. The highest BCUT2D eigenvalue weighted by Crippen LogP contribution is 2.58. The second-order valence-electron chi connectivity index (χ2n) is 10.5. The Hall–Kier alpha value is -1.43. The molecule has 1 heterocycles. The van der Waals surface area contributed by atoms with E-state index in [4.69, 9.17) is 21.1 Å². The first-order valence-corrected chi connectivity index (χ1v) is 12.7. The first kappa shape index (κ1) is 23.3. The van der Waals surface area contributed by atoms with Gasteiger partial charge in [0.1, 0.15) is 0 Å². The summed E-state index contributed by atoms with van der Waals surface area (Å²) in [4.78, 5) is 0. The Kier molecular flexibility index (Phi) is 6.58. The van der Waals surface area contributed by atoms with Crippen LogP contribution in [0, 0.1) is 5.41 Å². The maximum Gasteiger partial charge on any atom is 0.197 e. The lowest BCUT2D eigenvalue weighted by molar-refractivity contribution is -0.298. The minimum absolute atomic E-state index is 0.156. The van der Waals surface area contributed by atoms with Gasteiger partial charge in [-0.15, -0.1) is 0 Å². The lowest BCUT2D eigenvalue weighted by Crippen LogP contribution is -2.46. The van der Waals surface area contributed by atoms with E-state index in [-0.39, 0.29) is 6.61 Å². The van der Waals surface area contributed by atoms with Gasteiger partial charge in [0.15, 0.2) is 5.79 Å². The smallest absolute Gasteiger partial charge is 0.197 e. The van der Waals surface area contributed by atoms with Crippen molar-refractivity contribution in [2.24, 2.45) is 5.41 Å². The largest absolute Gasteiger partial charge is 0.394 e. The van der Waals surface area contributed by atoms with Gasteiger partial charge in [0.05, 0.1) is 18.8 Å². The summed E-state index contributed by atoms with van der Waals surface area (Å²) in [5.74, 6) is -0.387. The third-order valence-electron chi connectivity index (χ3n) is 8.26. The molecule has 178 valence electrons. The van der Waals surface area contributed by atoms with Crippen LogP contribution < -0.4 is 0 Å². The lowest BCUT2D eigenvalue weighted by atomic mass is 9.77. The first-order chi connectivity index (χ1) is 15.9. The van der Waals surface area contributed by atoms with Gasteiger partial charge in [-0.1, -0.05) is 41.9 Å². The number of benzene rings is 2. The Balaban J connectivity index is 1.32. The number of aliphatic hydroxyl groups is 2. The molecule has 5 heteroatoms. The summed E-state index contributed by atoms with van der Waals surface area (Å²) < 4.78 is 11.9. The van der Waals surface area contributed by atoms with Gasteiger partial charge in [-0.05, 0) is 85.1 Å². The quantitative estimate of drug-likeness (QED) is 0.568. The molecule has 4 nitrogen and oxygen atoms in total. The van der Waals surface area contributed by atoms with Gasteiger partial charge in [-0.25, -0.2) is 0 Å². The number of hydrogen-bond donors (Lipinski definition) is 2. The fourth-order valence-electron chi connectivity index (χ4n) is 5.92. The van der Waals surface area contributed by atoms with Crippen LogP contribution in [0.4, 0.5) is 0 Å². The minimum atomic E-state index is -1.09. The zero-order valence-corrected chi connectivity index (χ0v) is 20.2. The van der Waals surface area contributed by atoms with Gasteiger partial charge in [-0.3, -0.25) is 0 Å². The van der Waals surface area contributed by atoms with E-state index in [1.165, 1.54) is 49.7 Å². The van der Waals surface area contributed by atoms with Crippen LogP contribution in [0.5, 0.6) is 0 Å². The molecule has 5 rings (SSSR count). The molecule has 1 saturated heterocycles. The lowest BCUT2D eigenvalue weighted by Gasteiger charge is -2.42. The molecule has 2 N–H and O–H groups in total. The summed E-state index contributed by atoms with van der Waals surface area (Å²) >= 11 is 6.57. The maximum atomic E-state index is 10.4. The van der Waals surface area contributed by atoms with E-state index in [9.17, 15) is 10.2 Å². The van der Waals surface area contributed by atoms with Crippen molar-refractivity contribution in [3.63, 3.8) is 0 Å². The molecule has 3 unspecified atom stereocenters. The zero-order valence-electron chi connectivity index (χ0n) is 19.4. The normalized spacial score (nSPS) is 29.3. The molecule has 0 amide bonds. The van der Waals surface area contributed by atoms with E-state index in [0.29, 0.717) is 30.2 Å². The van der Waals surface area contributed by atoms with Crippen molar-refractivity contribution in [2.45, 2.75) is 81.7 Å². The van der Waals surface area contributed by atoms with Gasteiger partial charge in [0, 0.05) is 30.5 Å². The molecule has 2 aromatic carbocycles. The molecular weight excluding hydrogens is 436 g/mol. The van der Waals surface area contributed by atoms with Crippen LogP contribution in [0.1, 0.15) is 79.5 Å². The average molecular weight is 471 g/mol. The van der Waals surface area contributed by atoms with Crippen LogP contribution in [0.2, 0.25) is 5.02 Å². The molecule has 1 spiro atoms. The number of ether oxygens (including phenoxy) is 2. The Bertz CT molecular complexity index is 960. The standard InChI is InChI=1S/C28H35ClO4/c1-32-28(17-24(31)16-25(18-30)33-28)23-6-7-26(29)22(15-23)14-19-2-4-20(5-3-19)21-8-10-27(11-9-21)12-13-27/h2-7,15,21,24-25,30-31H,8-14,16-18H2,1H3. The van der Waals surface area contributed by atoms with Crippen LogP contribution >= 0.6 is 11.6 Å². The molecule has 33 heavy (non-hydrogen) atoms.